The van der Waals surface area contributed by atoms with Crippen LogP contribution < -0.4 is 9.64 Å². The number of methoxy groups -OCH3 is 1. The smallest absolute Gasteiger partial charge is 0.262 e. The Kier molecular flexibility index (Phi) is 4.32. The van der Waals surface area contributed by atoms with Gasteiger partial charge in [-0.05, 0) is 36.6 Å². The number of hydrogen-bond donors (Lipinski definition) is 1. The van der Waals surface area contributed by atoms with Crippen LogP contribution in [0.15, 0.2) is 48.5 Å². The van der Waals surface area contributed by atoms with Gasteiger partial charge in [-0.15, -0.1) is 0 Å². The maximum Gasteiger partial charge on any atom is 0.262 e. The molecule has 150 valence electrons. The van der Waals surface area contributed by atoms with Gasteiger partial charge in [-0.2, -0.15) is 0 Å². The number of aliphatic hydroxyl groups excluding tert-OH is 1. The molecule has 0 bridgehead atoms. The molecule has 2 amide bonds. The summed E-state index contributed by atoms with van der Waals surface area (Å²) in [5.41, 5.74) is 2.37. The van der Waals surface area contributed by atoms with Gasteiger partial charge in [0.25, 0.3) is 5.91 Å². The van der Waals surface area contributed by atoms with E-state index in [1.54, 1.807) is 24.1 Å². The molecule has 1 saturated carbocycles. The molecule has 6 nitrogen and oxygen atoms in total. The molecule has 0 aromatic heterocycles. The summed E-state index contributed by atoms with van der Waals surface area (Å²) in [5.74, 6) is 0.653. The first-order valence-corrected chi connectivity index (χ1v) is 10.1. The van der Waals surface area contributed by atoms with Crippen LogP contribution in [0.25, 0.3) is 0 Å². The van der Waals surface area contributed by atoms with E-state index in [1.165, 1.54) is 0 Å². The van der Waals surface area contributed by atoms with Crippen LogP contribution in [0.2, 0.25) is 0 Å². The van der Waals surface area contributed by atoms with Crippen LogP contribution in [-0.4, -0.2) is 54.2 Å². The number of carbonyl (C=O) groups is 2. The minimum atomic E-state index is -0.210. The van der Waals surface area contributed by atoms with Crippen LogP contribution in [0.1, 0.15) is 34.7 Å². The third-order valence-electron chi connectivity index (χ3n) is 6.45. The van der Waals surface area contributed by atoms with Gasteiger partial charge < -0.3 is 19.6 Å². The van der Waals surface area contributed by atoms with E-state index >= 15 is 0 Å². The van der Waals surface area contributed by atoms with E-state index in [0.29, 0.717) is 17.9 Å². The Bertz CT molecular complexity index is 971. The molecule has 1 saturated heterocycles. The molecule has 2 heterocycles. The number of anilines is 1. The molecule has 3 aliphatic rings. The number of para-hydroxylation sites is 2. The lowest BCUT2D eigenvalue weighted by Gasteiger charge is -2.59. The quantitative estimate of drug-likeness (QED) is 0.868. The summed E-state index contributed by atoms with van der Waals surface area (Å²) in [7, 11) is 1.56. The lowest BCUT2D eigenvalue weighted by Crippen LogP contribution is -2.71. The molecule has 5 rings (SSSR count). The number of aliphatic hydroxyl groups is 1. The number of amides is 2. The van der Waals surface area contributed by atoms with Crippen molar-refractivity contribution < 1.29 is 19.4 Å². The van der Waals surface area contributed by atoms with Gasteiger partial charge in [0.15, 0.2) is 0 Å². The van der Waals surface area contributed by atoms with Crippen LogP contribution in [-0.2, 0) is 4.79 Å². The van der Waals surface area contributed by atoms with E-state index in [2.05, 4.69) is 0 Å². The van der Waals surface area contributed by atoms with Gasteiger partial charge in [0, 0.05) is 24.1 Å². The van der Waals surface area contributed by atoms with Gasteiger partial charge in [0.05, 0.1) is 31.4 Å². The zero-order chi connectivity index (χ0) is 20.1. The Labute approximate surface area is 169 Å². The molecule has 1 N–H and O–H groups in total. The summed E-state index contributed by atoms with van der Waals surface area (Å²) in [6.45, 7) is 0.363. The van der Waals surface area contributed by atoms with Crippen molar-refractivity contribution in [1.82, 2.24) is 4.90 Å². The summed E-state index contributed by atoms with van der Waals surface area (Å²) < 4.78 is 5.40. The van der Waals surface area contributed by atoms with Gasteiger partial charge in [-0.3, -0.25) is 9.59 Å². The van der Waals surface area contributed by atoms with Gasteiger partial charge in [-0.1, -0.05) is 30.3 Å². The SMILES string of the molecule is COc1ccccc1C(=O)N1C[C@@H]2[C@H](c3ccccc31)[C@@H](CO)N2C(=O)C1CC1. The molecule has 3 atom stereocenters. The molecule has 0 unspecified atom stereocenters. The zero-order valence-corrected chi connectivity index (χ0v) is 16.3. The van der Waals surface area contributed by atoms with E-state index < -0.39 is 0 Å². The van der Waals surface area contributed by atoms with Gasteiger partial charge in [0.1, 0.15) is 5.75 Å². The first-order chi connectivity index (χ1) is 14.2. The van der Waals surface area contributed by atoms with E-state index in [1.807, 2.05) is 41.3 Å². The lowest BCUT2D eigenvalue weighted by molar-refractivity contribution is -0.151. The Morgan fingerprint density at radius 2 is 1.83 bits per heavy atom. The maximum atomic E-state index is 13.5. The fraction of sp³-hybridized carbons (Fsp3) is 0.391. The molecule has 2 aliphatic heterocycles. The first-order valence-electron chi connectivity index (χ1n) is 10.1. The highest BCUT2D eigenvalue weighted by Gasteiger charge is 2.57. The van der Waals surface area contributed by atoms with Gasteiger partial charge >= 0.3 is 0 Å². The Balaban J connectivity index is 1.54. The number of carbonyl (C=O) groups excluding carboxylic acids is 2. The van der Waals surface area contributed by atoms with Crippen LogP contribution >= 0.6 is 0 Å². The number of nitrogens with zero attached hydrogens (tertiary/aromatic N) is 2. The van der Waals surface area contributed by atoms with E-state index in [0.717, 1.165) is 24.1 Å². The second-order valence-corrected chi connectivity index (χ2v) is 8.04. The lowest BCUT2D eigenvalue weighted by atomic mass is 9.71. The molecule has 29 heavy (non-hydrogen) atoms. The van der Waals surface area contributed by atoms with Crippen LogP contribution in [0.4, 0.5) is 5.69 Å². The van der Waals surface area contributed by atoms with E-state index in [-0.39, 0.29) is 42.3 Å². The molecule has 1 aliphatic carbocycles. The average molecular weight is 392 g/mol. The normalized spacial score (nSPS) is 25.0. The highest BCUT2D eigenvalue weighted by molar-refractivity contribution is 6.09. The largest absolute Gasteiger partial charge is 0.496 e. The molecule has 2 aromatic carbocycles. The number of hydrogen-bond acceptors (Lipinski definition) is 4. The Hall–Kier alpha value is -2.86. The van der Waals surface area contributed by atoms with Crippen molar-refractivity contribution in [2.24, 2.45) is 5.92 Å². The van der Waals surface area contributed by atoms with Crippen molar-refractivity contribution >= 4 is 17.5 Å². The number of benzene rings is 2. The molecule has 2 fully saturated rings. The van der Waals surface area contributed by atoms with Crippen molar-refractivity contribution in [2.75, 3.05) is 25.2 Å². The molecule has 0 radical (unpaired) electrons. The van der Waals surface area contributed by atoms with Gasteiger partial charge in [0.2, 0.25) is 5.91 Å². The highest BCUT2D eigenvalue weighted by Crippen LogP contribution is 2.50. The van der Waals surface area contributed by atoms with Crippen molar-refractivity contribution in [1.29, 1.82) is 0 Å². The number of fused-ring (bicyclic) bond motifs is 3. The van der Waals surface area contributed by atoms with Crippen molar-refractivity contribution in [3.63, 3.8) is 0 Å². The van der Waals surface area contributed by atoms with Crippen LogP contribution in [0.3, 0.4) is 0 Å². The minimum absolute atomic E-state index is 0.0561. The summed E-state index contributed by atoms with van der Waals surface area (Å²) in [4.78, 5) is 29.9. The fourth-order valence-corrected chi connectivity index (χ4v) is 4.89. The molecular weight excluding hydrogens is 368 g/mol. The minimum Gasteiger partial charge on any atom is -0.496 e. The summed E-state index contributed by atoms with van der Waals surface area (Å²) in [6, 6.07) is 14.7. The molecule has 2 aromatic rings. The highest BCUT2D eigenvalue weighted by atomic mass is 16.5. The van der Waals surface area contributed by atoms with Crippen molar-refractivity contribution in [3.8, 4) is 5.75 Å². The third-order valence-corrected chi connectivity index (χ3v) is 6.45. The third kappa shape index (κ3) is 2.74. The second kappa shape index (κ2) is 6.88. The summed E-state index contributed by atoms with van der Waals surface area (Å²) in [6.07, 6.45) is 1.84. The Morgan fingerprint density at radius 1 is 1.10 bits per heavy atom. The number of likely N-dealkylation sites (tertiary alicyclic amines) is 1. The Morgan fingerprint density at radius 3 is 2.55 bits per heavy atom. The average Bonchev–Trinajstić information content (AvgIpc) is 3.59. The van der Waals surface area contributed by atoms with Crippen LogP contribution in [0, 0.1) is 5.92 Å². The standard InChI is InChI=1S/C23H24N2O4/c1-29-20-9-5-3-7-16(20)23(28)24-12-18-21(15-6-2-4-8-17(15)24)19(13-26)25(18)22(27)14-10-11-14/h2-9,14,18-19,21,26H,10-13H2,1H3/t18-,19-,21+/m1/s1. The van der Waals surface area contributed by atoms with E-state index in [9.17, 15) is 14.7 Å². The zero-order valence-electron chi connectivity index (χ0n) is 16.3. The van der Waals surface area contributed by atoms with Crippen LogP contribution in [0.5, 0.6) is 5.75 Å². The fourth-order valence-electron chi connectivity index (χ4n) is 4.89. The molecular formula is C23H24N2O4. The molecule has 6 heteroatoms. The second-order valence-electron chi connectivity index (χ2n) is 8.04. The van der Waals surface area contributed by atoms with E-state index in [4.69, 9.17) is 4.74 Å². The monoisotopic (exact) mass is 392 g/mol. The van der Waals surface area contributed by atoms with Gasteiger partial charge in [-0.25, -0.2) is 0 Å². The first kappa shape index (κ1) is 18.2. The number of ether oxygens (including phenoxy) is 1. The van der Waals surface area contributed by atoms with Crippen molar-refractivity contribution in [2.45, 2.75) is 30.8 Å². The summed E-state index contributed by atoms with van der Waals surface area (Å²) in [5, 5.41) is 10.0. The maximum absolute atomic E-state index is 13.5. The van der Waals surface area contributed by atoms with Crippen molar-refractivity contribution in [3.05, 3.63) is 59.7 Å². The summed E-state index contributed by atoms with van der Waals surface area (Å²) >= 11 is 0. The number of rotatable bonds is 4. The molecule has 0 spiro atoms. The topological polar surface area (TPSA) is 70.1 Å². The predicted octanol–water partition coefficient (Wildman–Crippen LogP) is 2.42. The predicted molar refractivity (Wildman–Crippen MR) is 108 cm³/mol.